The molecule has 0 bridgehead atoms. The van der Waals surface area contributed by atoms with Crippen molar-refractivity contribution < 1.29 is 18.7 Å². The largest absolute Gasteiger partial charge is 0.446 e. The van der Waals surface area contributed by atoms with Gasteiger partial charge < -0.3 is 4.74 Å². The number of cyclic esters (lactones) is 1. The fourth-order valence-corrected chi connectivity index (χ4v) is 6.07. The molecule has 0 radical (unpaired) electrons. The summed E-state index contributed by atoms with van der Waals surface area (Å²) < 4.78 is 19.4. The summed E-state index contributed by atoms with van der Waals surface area (Å²) in [7, 11) is 0. The number of imide groups is 1. The van der Waals surface area contributed by atoms with Crippen LogP contribution in [0.5, 0.6) is 0 Å². The number of halogens is 1. The molecule has 0 N–H and O–H groups in total. The Balaban J connectivity index is 1.31. The van der Waals surface area contributed by atoms with Crippen LogP contribution in [0.1, 0.15) is 61.3 Å². The maximum absolute atomic E-state index is 14.1. The first-order valence-electron chi connectivity index (χ1n) is 12.8. The molecule has 1 saturated heterocycles. The number of ether oxygens (including phenoxy) is 1. The predicted octanol–water partition coefficient (Wildman–Crippen LogP) is 5.69. The van der Waals surface area contributed by atoms with Crippen molar-refractivity contribution in [2.45, 2.75) is 63.1 Å². The molecule has 3 aliphatic carbocycles. The molecular weight excluding hydrogens is 455 g/mol. The molecule has 5 rings (SSSR count). The molecule has 2 fully saturated rings. The Kier molecular flexibility index (Phi) is 7.18. The van der Waals surface area contributed by atoms with Gasteiger partial charge in [0.1, 0.15) is 18.8 Å². The topological polar surface area (TPSA) is 59.5 Å². The van der Waals surface area contributed by atoms with Crippen LogP contribution in [0.3, 0.4) is 0 Å². The van der Waals surface area contributed by atoms with Gasteiger partial charge in [0.25, 0.3) is 0 Å². The van der Waals surface area contributed by atoms with E-state index < -0.39 is 18.3 Å². The van der Waals surface area contributed by atoms with E-state index in [1.165, 1.54) is 10.5 Å². The second kappa shape index (κ2) is 10.7. The summed E-state index contributed by atoms with van der Waals surface area (Å²) >= 11 is 0. The van der Waals surface area contributed by atoms with E-state index >= 15 is 0 Å². The molecule has 1 aliphatic heterocycles. The van der Waals surface area contributed by atoms with Crippen molar-refractivity contribution in [3.8, 4) is 11.8 Å². The minimum absolute atomic E-state index is 0.147. The van der Waals surface area contributed by atoms with Gasteiger partial charge in [-0.1, -0.05) is 24.0 Å². The highest BCUT2D eigenvalue weighted by Crippen LogP contribution is 2.43. The van der Waals surface area contributed by atoms with Gasteiger partial charge in [0.05, 0.1) is 5.69 Å². The number of nitrogens with zero attached hydrogens (tertiary/aromatic N) is 2. The Morgan fingerprint density at radius 2 is 2.14 bits per heavy atom. The number of hydrogen-bond donors (Lipinski definition) is 0. The Labute approximate surface area is 211 Å². The van der Waals surface area contributed by atoms with Crippen molar-refractivity contribution in [1.29, 1.82) is 0 Å². The van der Waals surface area contributed by atoms with E-state index in [1.807, 2.05) is 24.4 Å². The van der Waals surface area contributed by atoms with E-state index in [0.717, 1.165) is 42.5 Å². The highest BCUT2D eigenvalue weighted by molar-refractivity contribution is 5.95. The summed E-state index contributed by atoms with van der Waals surface area (Å²) in [4.78, 5) is 32.2. The van der Waals surface area contributed by atoms with E-state index in [2.05, 4.69) is 23.4 Å². The van der Waals surface area contributed by atoms with Gasteiger partial charge in [-0.25, -0.2) is 14.1 Å². The van der Waals surface area contributed by atoms with Crippen molar-refractivity contribution in [2.24, 2.45) is 11.8 Å². The van der Waals surface area contributed by atoms with Crippen molar-refractivity contribution in [3.05, 3.63) is 71.6 Å². The number of hydrogen-bond acceptors (Lipinski definition) is 4. The molecule has 4 aliphatic rings. The minimum atomic E-state index is -0.968. The number of allylic oxidation sites excluding steroid dienone is 4. The maximum Gasteiger partial charge on any atom is 0.417 e. The first-order chi connectivity index (χ1) is 17.6. The minimum Gasteiger partial charge on any atom is -0.446 e. The third kappa shape index (κ3) is 4.80. The molecule has 1 saturated carbocycles. The van der Waals surface area contributed by atoms with E-state index in [-0.39, 0.29) is 24.3 Å². The lowest BCUT2D eigenvalue weighted by molar-refractivity contribution is -0.135. The fourth-order valence-electron chi connectivity index (χ4n) is 6.07. The van der Waals surface area contributed by atoms with Gasteiger partial charge in [-0.2, -0.15) is 0 Å². The van der Waals surface area contributed by atoms with Gasteiger partial charge in [0.2, 0.25) is 5.91 Å². The standard InChI is InChI=1S/C30H31FN2O3/c1-2-7-25(29(34)33-28(19-36-30(33)35)22-8-5-3-4-6-9-22)21-12-10-20(11-13-21)24-16-17-32-27-15-14-23(31)18-26(24)27/h2,5,8-9,14-17,20-21,23,25,28H,1,6-7,10-13,18-19H2/t20?,21?,23?,25-,28+/m1/s1. The predicted molar refractivity (Wildman–Crippen MR) is 136 cm³/mol. The quantitative estimate of drug-likeness (QED) is 0.383. The van der Waals surface area contributed by atoms with Gasteiger partial charge in [-0.15, -0.1) is 6.58 Å². The molecule has 2 amide bonds. The summed E-state index contributed by atoms with van der Waals surface area (Å²) in [5.41, 5.74) is 3.95. The lowest BCUT2D eigenvalue weighted by Crippen LogP contribution is -2.45. The van der Waals surface area contributed by atoms with Crippen LogP contribution in [0.4, 0.5) is 9.18 Å². The number of carbonyl (C=O) groups excluding carboxylic acids is 2. The van der Waals surface area contributed by atoms with E-state index in [4.69, 9.17) is 4.74 Å². The molecular formula is C30H31FN2O3. The second-order valence-corrected chi connectivity index (χ2v) is 9.95. The van der Waals surface area contributed by atoms with Crippen molar-refractivity contribution in [1.82, 2.24) is 9.88 Å². The summed E-state index contributed by atoms with van der Waals surface area (Å²) in [6, 6.07) is 1.60. The van der Waals surface area contributed by atoms with Gasteiger partial charge in [-0.3, -0.25) is 9.78 Å². The highest BCUT2D eigenvalue weighted by atomic mass is 19.1. The molecule has 2 heterocycles. The molecule has 5 nitrogen and oxygen atoms in total. The third-order valence-corrected chi connectivity index (χ3v) is 7.90. The highest BCUT2D eigenvalue weighted by Gasteiger charge is 2.44. The molecule has 1 unspecified atom stereocenters. The molecule has 0 spiro atoms. The Morgan fingerprint density at radius 3 is 2.94 bits per heavy atom. The summed E-state index contributed by atoms with van der Waals surface area (Å²) in [6.07, 6.45) is 16.0. The molecule has 0 aromatic carbocycles. The number of amides is 2. The monoisotopic (exact) mass is 486 g/mol. The first-order valence-corrected chi connectivity index (χ1v) is 12.8. The molecule has 3 atom stereocenters. The molecule has 6 heteroatoms. The van der Waals surface area contributed by atoms with Crippen molar-refractivity contribution in [2.75, 3.05) is 6.61 Å². The van der Waals surface area contributed by atoms with Crippen LogP contribution in [0.25, 0.3) is 6.08 Å². The van der Waals surface area contributed by atoms with Crippen LogP contribution in [-0.4, -0.2) is 40.7 Å². The van der Waals surface area contributed by atoms with Crippen LogP contribution in [0, 0.1) is 23.7 Å². The van der Waals surface area contributed by atoms with E-state index in [9.17, 15) is 14.0 Å². The zero-order valence-electron chi connectivity index (χ0n) is 20.4. The summed E-state index contributed by atoms with van der Waals surface area (Å²) in [6.45, 7) is 4.05. The van der Waals surface area contributed by atoms with Crippen LogP contribution >= 0.6 is 0 Å². The number of fused-ring (bicyclic) bond motifs is 1. The van der Waals surface area contributed by atoms with Crippen LogP contribution in [0.15, 0.2) is 54.8 Å². The number of alkyl halides is 1. The average Bonchev–Trinajstić information content (AvgIpc) is 3.09. The lowest BCUT2D eigenvalue weighted by atomic mass is 9.71. The van der Waals surface area contributed by atoms with Crippen molar-refractivity contribution >= 4 is 18.1 Å². The molecule has 186 valence electrons. The van der Waals surface area contributed by atoms with Gasteiger partial charge in [0, 0.05) is 25.0 Å². The SMILES string of the molecule is C=CC[C@@H](C(=O)N1C(=O)OC[C@H]1C1=CCC#CC=C1)C1CCC(c2ccnc3c2CC(F)C=C3)CC1. The summed E-state index contributed by atoms with van der Waals surface area (Å²) in [5.74, 6) is 5.90. The van der Waals surface area contributed by atoms with Crippen molar-refractivity contribution in [3.63, 3.8) is 0 Å². The normalized spacial score (nSPS) is 27.8. The molecule has 1 aromatic rings. The first kappa shape index (κ1) is 24.2. The Hall–Kier alpha value is -3.46. The summed E-state index contributed by atoms with van der Waals surface area (Å²) in [5, 5.41) is 0. The third-order valence-electron chi connectivity index (χ3n) is 7.90. The van der Waals surface area contributed by atoms with E-state index in [1.54, 1.807) is 24.3 Å². The zero-order chi connectivity index (χ0) is 25.1. The lowest BCUT2D eigenvalue weighted by Gasteiger charge is -2.36. The number of carbonyl (C=O) groups is 2. The van der Waals surface area contributed by atoms with Gasteiger partial charge >= 0.3 is 6.09 Å². The Morgan fingerprint density at radius 1 is 1.31 bits per heavy atom. The fraction of sp³-hybridized carbons (Fsp3) is 0.433. The number of pyridine rings is 1. The Bertz CT molecular complexity index is 1200. The molecule has 36 heavy (non-hydrogen) atoms. The van der Waals surface area contributed by atoms with Crippen LogP contribution in [-0.2, 0) is 16.0 Å². The van der Waals surface area contributed by atoms with Gasteiger partial charge in [0.15, 0.2) is 0 Å². The molecule has 1 aromatic heterocycles. The van der Waals surface area contributed by atoms with Gasteiger partial charge in [-0.05, 0) is 91.0 Å². The number of rotatable bonds is 6. The average molecular weight is 487 g/mol. The van der Waals surface area contributed by atoms with Crippen LogP contribution < -0.4 is 0 Å². The van der Waals surface area contributed by atoms with E-state index in [0.29, 0.717) is 25.2 Å². The zero-order valence-corrected chi connectivity index (χ0v) is 20.4. The van der Waals surface area contributed by atoms with Crippen LogP contribution in [0.2, 0.25) is 0 Å². The number of aromatic nitrogens is 1. The second-order valence-electron chi connectivity index (χ2n) is 9.95. The smallest absolute Gasteiger partial charge is 0.417 e. The maximum atomic E-state index is 14.1.